The lowest BCUT2D eigenvalue weighted by Gasteiger charge is -2.33. The average molecular weight is 322 g/mol. The van der Waals surface area contributed by atoms with Crippen molar-refractivity contribution in [3.63, 3.8) is 0 Å². The van der Waals surface area contributed by atoms with E-state index in [1.807, 2.05) is 18.2 Å². The van der Waals surface area contributed by atoms with Crippen LogP contribution in [0.5, 0.6) is 0 Å². The number of rotatable bonds is 5. The number of nitrogens with zero attached hydrogens (tertiary/aromatic N) is 1. The Hall–Kier alpha value is -1.74. The molecule has 0 spiro atoms. The van der Waals surface area contributed by atoms with E-state index in [2.05, 4.69) is 27.5 Å². The molecule has 1 aliphatic rings. The van der Waals surface area contributed by atoms with Crippen LogP contribution in [0.4, 0.5) is 4.79 Å². The maximum Gasteiger partial charge on any atom is 0.315 e. The molecule has 22 heavy (non-hydrogen) atoms. The number of urea groups is 1. The number of terminal acetylenes is 1. The fraction of sp³-hybridized carbons (Fsp3) is 0.438. The molecule has 0 aromatic heterocycles. The molecule has 0 bridgehead atoms. The standard InChI is InChI=1S/C16H20ClN3O2/c1-2-6-18-16(21)19-10-15-12-20(7-8-22-15)11-13-4-3-5-14(17)9-13/h1,3-5,9,15H,6-8,10-12H2,(H2,18,19,21)/t15-/m0/s1. The Morgan fingerprint density at radius 2 is 2.36 bits per heavy atom. The minimum atomic E-state index is -0.270. The molecule has 5 nitrogen and oxygen atoms in total. The lowest BCUT2D eigenvalue weighted by atomic mass is 10.2. The average Bonchev–Trinajstić information content (AvgIpc) is 2.51. The van der Waals surface area contributed by atoms with Gasteiger partial charge in [0.2, 0.25) is 0 Å². The summed E-state index contributed by atoms with van der Waals surface area (Å²) < 4.78 is 5.67. The number of hydrogen-bond acceptors (Lipinski definition) is 3. The second kappa shape index (κ2) is 8.64. The molecule has 1 aromatic rings. The first-order valence-electron chi connectivity index (χ1n) is 7.21. The molecule has 2 N–H and O–H groups in total. The van der Waals surface area contributed by atoms with E-state index in [0.717, 1.165) is 24.7 Å². The second-order valence-electron chi connectivity index (χ2n) is 5.13. The molecular formula is C16H20ClN3O2. The van der Waals surface area contributed by atoms with Gasteiger partial charge in [-0.3, -0.25) is 4.90 Å². The van der Waals surface area contributed by atoms with E-state index in [1.54, 1.807) is 0 Å². The van der Waals surface area contributed by atoms with Gasteiger partial charge < -0.3 is 15.4 Å². The van der Waals surface area contributed by atoms with Gasteiger partial charge in [0, 0.05) is 31.2 Å². The highest BCUT2D eigenvalue weighted by Crippen LogP contribution is 2.14. The smallest absolute Gasteiger partial charge is 0.315 e. The topological polar surface area (TPSA) is 53.6 Å². The zero-order valence-electron chi connectivity index (χ0n) is 12.3. The van der Waals surface area contributed by atoms with Crippen molar-refractivity contribution in [1.29, 1.82) is 0 Å². The largest absolute Gasteiger partial charge is 0.374 e. The Morgan fingerprint density at radius 1 is 1.50 bits per heavy atom. The number of hydrogen-bond donors (Lipinski definition) is 2. The van der Waals surface area contributed by atoms with Crippen LogP contribution in [-0.2, 0) is 11.3 Å². The number of carbonyl (C=O) groups excluding carboxylic acids is 1. The normalized spacial score (nSPS) is 18.5. The van der Waals surface area contributed by atoms with Crippen molar-refractivity contribution in [3.05, 3.63) is 34.9 Å². The van der Waals surface area contributed by atoms with Crippen LogP contribution in [0, 0.1) is 12.3 Å². The summed E-state index contributed by atoms with van der Waals surface area (Å²) in [6.07, 6.45) is 5.06. The van der Waals surface area contributed by atoms with Crippen molar-refractivity contribution in [1.82, 2.24) is 15.5 Å². The molecule has 0 saturated carbocycles. The SMILES string of the molecule is C#CCNC(=O)NC[C@H]1CN(Cc2cccc(Cl)c2)CCO1. The summed E-state index contributed by atoms with van der Waals surface area (Å²) >= 11 is 6.01. The van der Waals surface area contributed by atoms with Crippen LogP contribution in [0.1, 0.15) is 5.56 Å². The summed E-state index contributed by atoms with van der Waals surface area (Å²) in [5, 5.41) is 6.07. The van der Waals surface area contributed by atoms with Gasteiger partial charge in [0.05, 0.1) is 19.3 Å². The molecule has 0 radical (unpaired) electrons. The Labute approximate surface area is 136 Å². The van der Waals surface area contributed by atoms with Crippen molar-refractivity contribution >= 4 is 17.6 Å². The molecule has 1 fully saturated rings. The third-order valence-corrected chi connectivity index (χ3v) is 3.59. The number of carbonyl (C=O) groups is 1. The van der Waals surface area contributed by atoms with Gasteiger partial charge in [0.15, 0.2) is 0 Å². The number of amides is 2. The number of benzene rings is 1. The van der Waals surface area contributed by atoms with Crippen molar-refractivity contribution in [3.8, 4) is 12.3 Å². The molecule has 0 unspecified atom stereocenters. The molecular weight excluding hydrogens is 302 g/mol. The van der Waals surface area contributed by atoms with E-state index < -0.39 is 0 Å². The molecule has 0 aliphatic carbocycles. The van der Waals surface area contributed by atoms with Gasteiger partial charge in [0.1, 0.15) is 0 Å². The molecule has 1 atom stereocenters. The van der Waals surface area contributed by atoms with E-state index in [0.29, 0.717) is 13.2 Å². The zero-order chi connectivity index (χ0) is 15.8. The van der Waals surface area contributed by atoms with Crippen LogP contribution in [0.3, 0.4) is 0 Å². The first-order chi connectivity index (χ1) is 10.7. The predicted molar refractivity (Wildman–Crippen MR) is 86.7 cm³/mol. The van der Waals surface area contributed by atoms with Gasteiger partial charge in [-0.1, -0.05) is 29.7 Å². The fourth-order valence-electron chi connectivity index (χ4n) is 2.34. The van der Waals surface area contributed by atoms with E-state index >= 15 is 0 Å². The van der Waals surface area contributed by atoms with Crippen molar-refractivity contribution < 1.29 is 9.53 Å². The zero-order valence-corrected chi connectivity index (χ0v) is 13.1. The third-order valence-electron chi connectivity index (χ3n) is 3.36. The van der Waals surface area contributed by atoms with E-state index in [-0.39, 0.29) is 18.7 Å². The summed E-state index contributed by atoms with van der Waals surface area (Å²) in [6.45, 7) is 3.79. The molecule has 2 rings (SSSR count). The molecule has 1 aliphatic heterocycles. The Bertz CT molecular complexity index is 544. The van der Waals surface area contributed by atoms with E-state index in [4.69, 9.17) is 22.8 Å². The molecule has 118 valence electrons. The molecule has 1 aromatic carbocycles. The number of halogens is 1. The number of morpholine rings is 1. The van der Waals surface area contributed by atoms with E-state index in [1.165, 1.54) is 5.56 Å². The summed E-state index contributed by atoms with van der Waals surface area (Å²) in [5.41, 5.74) is 1.17. The lowest BCUT2D eigenvalue weighted by Crippen LogP contribution is -2.48. The molecule has 6 heteroatoms. The van der Waals surface area contributed by atoms with Gasteiger partial charge in [-0.25, -0.2) is 4.79 Å². The van der Waals surface area contributed by atoms with Crippen LogP contribution in [-0.4, -0.2) is 49.8 Å². The number of ether oxygens (including phenoxy) is 1. The van der Waals surface area contributed by atoms with Gasteiger partial charge in [0.25, 0.3) is 0 Å². The molecule has 2 amide bonds. The van der Waals surface area contributed by atoms with Crippen molar-refractivity contribution in [2.45, 2.75) is 12.6 Å². The third kappa shape index (κ3) is 5.57. The minimum absolute atomic E-state index is 0.0236. The van der Waals surface area contributed by atoms with Crippen LogP contribution < -0.4 is 10.6 Å². The quantitative estimate of drug-likeness (QED) is 0.808. The van der Waals surface area contributed by atoms with Crippen LogP contribution >= 0.6 is 11.6 Å². The van der Waals surface area contributed by atoms with Crippen LogP contribution in [0.2, 0.25) is 5.02 Å². The van der Waals surface area contributed by atoms with Crippen molar-refractivity contribution in [2.75, 3.05) is 32.8 Å². The van der Waals surface area contributed by atoms with Crippen molar-refractivity contribution in [2.24, 2.45) is 0 Å². The summed E-state index contributed by atoms with van der Waals surface area (Å²) in [6, 6.07) is 7.58. The fourth-order valence-corrected chi connectivity index (χ4v) is 2.55. The highest BCUT2D eigenvalue weighted by Gasteiger charge is 2.21. The first-order valence-corrected chi connectivity index (χ1v) is 7.58. The Kier molecular flexibility index (Phi) is 6.53. The predicted octanol–water partition coefficient (Wildman–Crippen LogP) is 1.47. The van der Waals surface area contributed by atoms with Crippen LogP contribution in [0.25, 0.3) is 0 Å². The second-order valence-corrected chi connectivity index (χ2v) is 5.56. The molecule has 1 saturated heterocycles. The Morgan fingerprint density at radius 3 is 3.14 bits per heavy atom. The van der Waals surface area contributed by atoms with E-state index in [9.17, 15) is 4.79 Å². The van der Waals surface area contributed by atoms with Gasteiger partial charge in [-0.05, 0) is 17.7 Å². The van der Waals surface area contributed by atoms with Gasteiger partial charge in [-0.2, -0.15) is 0 Å². The summed E-state index contributed by atoms with van der Waals surface area (Å²) in [5.74, 6) is 2.35. The maximum atomic E-state index is 11.5. The van der Waals surface area contributed by atoms with Crippen LogP contribution in [0.15, 0.2) is 24.3 Å². The highest BCUT2D eigenvalue weighted by atomic mass is 35.5. The summed E-state index contributed by atoms with van der Waals surface area (Å²) in [4.78, 5) is 13.7. The lowest BCUT2D eigenvalue weighted by molar-refractivity contribution is -0.0286. The first kappa shape index (κ1) is 16.6. The maximum absolute atomic E-state index is 11.5. The minimum Gasteiger partial charge on any atom is -0.374 e. The monoisotopic (exact) mass is 321 g/mol. The molecule has 1 heterocycles. The van der Waals surface area contributed by atoms with Gasteiger partial charge >= 0.3 is 6.03 Å². The highest BCUT2D eigenvalue weighted by molar-refractivity contribution is 6.30. The Balaban J connectivity index is 1.77. The summed E-state index contributed by atoms with van der Waals surface area (Å²) in [7, 11) is 0. The number of nitrogens with one attached hydrogen (secondary N) is 2. The van der Waals surface area contributed by atoms with Gasteiger partial charge in [-0.15, -0.1) is 6.42 Å².